The first kappa shape index (κ1) is 23.4. The van der Waals surface area contributed by atoms with Crippen molar-refractivity contribution in [2.45, 2.75) is 17.9 Å². The normalized spacial score (nSPS) is 15.1. The lowest BCUT2D eigenvalue weighted by Gasteiger charge is -2.35. The van der Waals surface area contributed by atoms with Gasteiger partial charge in [0.15, 0.2) is 6.10 Å². The molecule has 0 fully saturated rings. The van der Waals surface area contributed by atoms with Gasteiger partial charge in [-0.1, -0.05) is 24.3 Å². The Labute approximate surface area is 199 Å². The summed E-state index contributed by atoms with van der Waals surface area (Å²) in [5.41, 5.74) is 1.30. The Morgan fingerprint density at radius 3 is 2.47 bits per heavy atom. The van der Waals surface area contributed by atoms with E-state index in [2.05, 4.69) is 5.32 Å². The van der Waals surface area contributed by atoms with E-state index in [1.54, 1.807) is 61.7 Å². The van der Waals surface area contributed by atoms with Crippen LogP contribution in [0.2, 0.25) is 0 Å². The lowest BCUT2D eigenvalue weighted by Crippen LogP contribution is -2.51. The van der Waals surface area contributed by atoms with E-state index in [9.17, 15) is 13.2 Å². The smallest absolute Gasteiger partial charge is 0.264 e. The number of nitrogens with zero attached hydrogens (tertiary/aromatic N) is 1. The second kappa shape index (κ2) is 10.0. The molecule has 8 nitrogen and oxygen atoms in total. The quantitative estimate of drug-likeness (QED) is 0.496. The molecule has 0 bridgehead atoms. The van der Waals surface area contributed by atoms with Crippen molar-refractivity contribution >= 4 is 21.6 Å². The summed E-state index contributed by atoms with van der Waals surface area (Å²) >= 11 is 0. The number of carbonyl (C=O) groups excluding carboxylic acids is 1. The van der Waals surface area contributed by atoms with Gasteiger partial charge in [0.05, 0.1) is 30.8 Å². The summed E-state index contributed by atoms with van der Waals surface area (Å²) in [6.45, 7) is 2.21. The molecule has 1 aliphatic rings. The van der Waals surface area contributed by atoms with Crippen molar-refractivity contribution in [3.05, 3.63) is 78.4 Å². The van der Waals surface area contributed by atoms with E-state index in [4.69, 9.17) is 14.2 Å². The molecular formula is C25H26N2O6S. The van der Waals surface area contributed by atoms with Gasteiger partial charge < -0.3 is 19.5 Å². The highest BCUT2D eigenvalue weighted by Crippen LogP contribution is 2.37. The van der Waals surface area contributed by atoms with Gasteiger partial charge in [0.1, 0.15) is 23.9 Å². The van der Waals surface area contributed by atoms with Crippen LogP contribution in [0.5, 0.6) is 17.2 Å². The lowest BCUT2D eigenvalue weighted by atomic mass is 10.1. The van der Waals surface area contributed by atoms with Crippen molar-refractivity contribution in [1.29, 1.82) is 0 Å². The molecule has 1 atom stereocenters. The van der Waals surface area contributed by atoms with Crippen molar-refractivity contribution in [3.8, 4) is 17.2 Å². The predicted molar refractivity (Wildman–Crippen MR) is 128 cm³/mol. The fraction of sp³-hybridized carbons (Fsp3) is 0.240. The highest BCUT2D eigenvalue weighted by molar-refractivity contribution is 7.92. The van der Waals surface area contributed by atoms with E-state index in [1.165, 1.54) is 16.4 Å². The van der Waals surface area contributed by atoms with Crippen LogP contribution in [-0.4, -0.2) is 47.2 Å². The Balaban J connectivity index is 1.45. The minimum absolute atomic E-state index is 0.140. The molecular weight excluding hydrogens is 456 g/mol. The van der Waals surface area contributed by atoms with E-state index in [-0.39, 0.29) is 24.6 Å². The standard InChI is InChI=1S/C25H26N2O6S/c1-18-8-13-23-22(16-18)27(34(29,30)21-6-4-3-5-7-21)17-24(33-23)25(28)26-14-15-32-20-11-9-19(31-2)10-12-20/h3-13,16,24H,14-15,17H2,1-2H3,(H,26,28)/t24-/m1/s1. The predicted octanol–water partition coefficient (Wildman–Crippen LogP) is 3.16. The number of ether oxygens (including phenoxy) is 3. The van der Waals surface area contributed by atoms with Crippen LogP contribution in [0, 0.1) is 6.92 Å². The maximum absolute atomic E-state index is 13.4. The lowest BCUT2D eigenvalue weighted by molar-refractivity contribution is -0.127. The molecule has 0 unspecified atom stereocenters. The number of anilines is 1. The zero-order valence-corrected chi connectivity index (χ0v) is 19.7. The van der Waals surface area contributed by atoms with Crippen LogP contribution >= 0.6 is 0 Å². The maximum atomic E-state index is 13.4. The molecule has 1 N–H and O–H groups in total. The van der Waals surface area contributed by atoms with Crippen LogP contribution in [0.25, 0.3) is 0 Å². The maximum Gasteiger partial charge on any atom is 0.264 e. The fourth-order valence-corrected chi connectivity index (χ4v) is 5.06. The molecule has 3 aromatic carbocycles. The van der Waals surface area contributed by atoms with Gasteiger partial charge in [0, 0.05) is 0 Å². The van der Waals surface area contributed by atoms with E-state index < -0.39 is 22.0 Å². The number of amides is 1. The summed E-state index contributed by atoms with van der Waals surface area (Å²) in [6, 6.07) is 20.5. The third-order valence-electron chi connectivity index (χ3n) is 5.34. The number of nitrogens with one attached hydrogen (secondary N) is 1. The summed E-state index contributed by atoms with van der Waals surface area (Å²) in [6.07, 6.45) is -1.00. The first-order valence-electron chi connectivity index (χ1n) is 10.8. The van der Waals surface area contributed by atoms with Crippen LogP contribution < -0.4 is 23.8 Å². The van der Waals surface area contributed by atoms with Gasteiger partial charge in [0.2, 0.25) is 0 Å². The highest BCUT2D eigenvalue weighted by atomic mass is 32.2. The van der Waals surface area contributed by atoms with Crippen LogP contribution in [0.4, 0.5) is 5.69 Å². The molecule has 34 heavy (non-hydrogen) atoms. The molecule has 0 radical (unpaired) electrons. The first-order chi connectivity index (χ1) is 16.4. The van der Waals surface area contributed by atoms with E-state index in [0.29, 0.717) is 17.2 Å². The molecule has 4 rings (SSSR count). The van der Waals surface area contributed by atoms with E-state index in [1.807, 2.05) is 13.0 Å². The number of carbonyl (C=O) groups is 1. The largest absolute Gasteiger partial charge is 0.497 e. The Morgan fingerprint density at radius 2 is 1.76 bits per heavy atom. The van der Waals surface area contributed by atoms with Gasteiger partial charge in [0.25, 0.3) is 15.9 Å². The number of aryl methyl sites for hydroxylation is 1. The van der Waals surface area contributed by atoms with Crippen molar-refractivity contribution in [3.63, 3.8) is 0 Å². The minimum Gasteiger partial charge on any atom is -0.497 e. The van der Waals surface area contributed by atoms with Crippen molar-refractivity contribution < 1.29 is 27.4 Å². The van der Waals surface area contributed by atoms with Gasteiger partial charge in [-0.05, 0) is 61.0 Å². The summed E-state index contributed by atoms with van der Waals surface area (Å²) in [7, 11) is -2.30. The third-order valence-corrected chi connectivity index (χ3v) is 7.13. The van der Waals surface area contributed by atoms with Crippen LogP contribution in [0.1, 0.15) is 5.56 Å². The Kier molecular flexibility index (Phi) is 6.93. The second-order valence-corrected chi connectivity index (χ2v) is 9.60. The van der Waals surface area contributed by atoms with E-state index >= 15 is 0 Å². The minimum atomic E-state index is -3.89. The molecule has 0 spiro atoms. The molecule has 0 saturated carbocycles. The van der Waals surface area contributed by atoms with Gasteiger partial charge in [-0.2, -0.15) is 0 Å². The van der Waals surface area contributed by atoms with Gasteiger partial charge in [-0.25, -0.2) is 8.42 Å². The summed E-state index contributed by atoms with van der Waals surface area (Å²) in [5, 5.41) is 2.76. The van der Waals surface area contributed by atoms with Gasteiger partial charge >= 0.3 is 0 Å². The average Bonchev–Trinajstić information content (AvgIpc) is 2.86. The van der Waals surface area contributed by atoms with Crippen LogP contribution in [-0.2, 0) is 14.8 Å². The molecule has 1 amide bonds. The molecule has 0 saturated heterocycles. The summed E-state index contributed by atoms with van der Waals surface area (Å²) in [4.78, 5) is 13.0. The molecule has 1 aliphatic heterocycles. The van der Waals surface area contributed by atoms with Crippen LogP contribution in [0.3, 0.4) is 0 Å². The Hall–Kier alpha value is -3.72. The first-order valence-corrected chi connectivity index (χ1v) is 12.2. The SMILES string of the molecule is COc1ccc(OCCNC(=O)[C@H]2CN(S(=O)(=O)c3ccccc3)c3cc(C)ccc3O2)cc1. The van der Waals surface area contributed by atoms with Crippen molar-refractivity contribution in [2.75, 3.05) is 31.1 Å². The number of sulfonamides is 1. The number of benzene rings is 3. The zero-order valence-electron chi connectivity index (χ0n) is 18.9. The number of methoxy groups -OCH3 is 1. The third kappa shape index (κ3) is 5.09. The van der Waals surface area contributed by atoms with Gasteiger partial charge in [-0.3, -0.25) is 9.10 Å². The number of rotatable bonds is 8. The topological polar surface area (TPSA) is 94.2 Å². The second-order valence-electron chi connectivity index (χ2n) is 7.74. The Bertz CT molecular complexity index is 1250. The molecule has 0 aromatic heterocycles. The monoisotopic (exact) mass is 482 g/mol. The van der Waals surface area contributed by atoms with E-state index in [0.717, 1.165) is 11.3 Å². The molecule has 1 heterocycles. The number of fused-ring (bicyclic) bond motifs is 1. The fourth-order valence-electron chi connectivity index (χ4n) is 3.57. The summed E-state index contributed by atoms with van der Waals surface area (Å²) < 4.78 is 44.7. The molecule has 0 aliphatic carbocycles. The van der Waals surface area contributed by atoms with Crippen LogP contribution in [0.15, 0.2) is 77.7 Å². The Morgan fingerprint density at radius 1 is 1.06 bits per heavy atom. The molecule has 178 valence electrons. The van der Waals surface area contributed by atoms with Crippen molar-refractivity contribution in [2.24, 2.45) is 0 Å². The number of hydrogen-bond acceptors (Lipinski definition) is 6. The average molecular weight is 483 g/mol. The highest BCUT2D eigenvalue weighted by Gasteiger charge is 2.37. The molecule has 9 heteroatoms. The molecule has 3 aromatic rings. The number of hydrogen-bond donors (Lipinski definition) is 1. The van der Waals surface area contributed by atoms with Crippen molar-refractivity contribution in [1.82, 2.24) is 5.32 Å². The summed E-state index contributed by atoms with van der Waals surface area (Å²) in [5.74, 6) is 1.29. The van der Waals surface area contributed by atoms with Gasteiger partial charge in [-0.15, -0.1) is 0 Å². The zero-order chi connectivity index (χ0) is 24.1.